The van der Waals surface area contributed by atoms with Crippen molar-refractivity contribution in [3.05, 3.63) is 61.5 Å². The fraction of sp³-hybridized carbons (Fsp3) is 0. The van der Waals surface area contributed by atoms with E-state index in [0.717, 1.165) is 10.8 Å². The van der Waals surface area contributed by atoms with Gasteiger partial charge >= 0.3 is 0 Å². The smallest absolute Gasteiger partial charge is 0.278 e. The standard InChI is InChI=1S/C11H8ClN3O4S/c12-10-2-1-8(5-11(10)15(16)17)6-13-14-9-3-4-20(18,19)7-9/h1-7,14H/b13-6+. The summed E-state index contributed by atoms with van der Waals surface area (Å²) in [7, 11) is -3.30. The van der Waals surface area contributed by atoms with Gasteiger partial charge in [-0.1, -0.05) is 17.7 Å². The molecule has 0 spiro atoms. The maximum Gasteiger partial charge on any atom is 0.288 e. The Hall–Kier alpha value is -2.19. The van der Waals surface area contributed by atoms with Gasteiger partial charge in [0, 0.05) is 17.0 Å². The van der Waals surface area contributed by atoms with Crippen LogP contribution in [0, 0.1) is 10.1 Å². The van der Waals surface area contributed by atoms with E-state index in [0.29, 0.717) is 11.3 Å². The molecule has 0 saturated heterocycles. The molecule has 1 N–H and O–H groups in total. The molecule has 0 unspecified atom stereocenters. The maximum atomic E-state index is 11.1. The molecule has 20 heavy (non-hydrogen) atoms. The zero-order chi connectivity index (χ0) is 14.8. The average Bonchev–Trinajstić information content (AvgIpc) is 2.71. The van der Waals surface area contributed by atoms with Crippen molar-refractivity contribution in [3.8, 4) is 0 Å². The van der Waals surface area contributed by atoms with Crippen LogP contribution < -0.4 is 5.43 Å². The number of rotatable bonds is 4. The summed E-state index contributed by atoms with van der Waals surface area (Å²) in [6, 6.07) is 4.21. The fourth-order valence-electron chi connectivity index (χ4n) is 1.42. The molecule has 0 aliphatic carbocycles. The van der Waals surface area contributed by atoms with Crippen LogP contribution in [0.25, 0.3) is 0 Å². The molecule has 1 aliphatic heterocycles. The summed E-state index contributed by atoms with van der Waals surface area (Å²) in [5.74, 6) is 0. The number of benzene rings is 1. The lowest BCUT2D eigenvalue weighted by Gasteiger charge is -1.98. The minimum absolute atomic E-state index is 0.0348. The molecule has 1 aromatic carbocycles. The van der Waals surface area contributed by atoms with Gasteiger partial charge in [0.15, 0.2) is 9.84 Å². The Bertz CT molecular complexity index is 753. The number of nitrogens with zero attached hydrogens (tertiary/aromatic N) is 2. The van der Waals surface area contributed by atoms with Crippen molar-refractivity contribution in [2.24, 2.45) is 5.10 Å². The topological polar surface area (TPSA) is 102 Å². The number of hydrogen-bond donors (Lipinski definition) is 1. The van der Waals surface area contributed by atoms with Crippen LogP contribution in [-0.2, 0) is 9.84 Å². The highest BCUT2D eigenvalue weighted by atomic mass is 35.5. The van der Waals surface area contributed by atoms with Crippen molar-refractivity contribution < 1.29 is 13.3 Å². The second-order valence-corrected chi connectivity index (χ2v) is 5.90. The second kappa shape index (κ2) is 5.43. The van der Waals surface area contributed by atoms with E-state index >= 15 is 0 Å². The summed E-state index contributed by atoms with van der Waals surface area (Å²) in [4.78, 5) is 10.1. The molecule has 0 radical (unpaired) electrons. The molecule has 0 atom stereocenters. The monoisotopic (exact) mass is 313 g/mol. The molecule has 0 bridgehead atoms. The lowest BCUT2D eigenvalue weighted by atomic mass is 10.2. The van der Waals surface area contributed by atoms with Gasteiger partial charge in [-0.3, -0.25) is 15.5 Å². The van der Waals surface area contributed by atoms with Crippen molar-refractivity contribution in [1.82, 2.24) is 5.43 Å². The third kappa shape index (κ3) is 3.43. The van der Waals surface area contributed by atoms with E-state index in [1.165, 1.54) is 24.4 Å². The maximum absolute atomic E-state index is 11.1. The summed E-state index contributed by atoms with van der Waals surface area (Å²) in [6.07, 6.45) is 2.68. The molecule has 0 aromatic heterocycles. The van der Waals surface area contributed by atoms with Crippen LogP contribution in [0.2, 0.25) is 5.02 Å². The lowest BCUT2D eigenvalue weighted by molar-refractivity contribution is -0.384. The number of nitrogens with one attached hydrogen (secondary N) is 1. The summed E-state index contributed by atoms with van der Waals surface area (Å²) in [5.41, 5.74) is 3.05. The van der Waals surface area contributed by atoms with Gasteiger partial charge in [0.25, 0.3) is 5.69 Å². The van der Waals surface area contributed by atoms with Gasteiger partial charge in [0.05, 0.1) is 22.2 Å². The number of sulfone groups is 1. The van der Waals surface area contributed by atoms with E-state index in [2.05, 4.69) is 10.5 Å². The van der Waals surface area contributed by atoms with Gasteiger partial charge in [-0.05, 0) is 12.1 Å². The SMILES string of the molecule is O=[N+]([O-])c1cc(/C=N/NC2=CS(=O)(=O)C=C2)ccc1Cl. The van der Waals surface area contributed by atoms with E-state index in [1.807, 2.05) is 0 Å². The van der Waals surface area contributed by atoms with Crippen molar-refractivity contribution in [3.63, 3.8) is 0 Å². The Morgan fingerprint density at radius 2 is 2.15 bits per heavy atom. The average molecular weight is 314 g/mol. The van der Waals surface area contributed by atoms with Crippen molar-refractivity contribution in [2.45, 2.75) is 0 Å². The largest absolute Gasteiger partial charge is 0.288 e. The Balaban J connectivity index is 2.11. The summed E-state index contributed by atoms with van der Waals surface area (Å²) >= 11 is 5.67. The van der Waals surface area contributed by atoms with E-state index in [4.69, 9.17) is 11.6 Å². The molecule has 1 aliphatic rings. The molecular formula is C11H8ClN3O4S. The molecule has 0 fully saturated rings. The Kier molecular flexibility index (Phi) is 3.86. The molecule has 1 aromatic rings. The van der Waals surface area contributed by atoms with E-state index in [-0.39, 0.29) is 10.7 Å². The van der Waals surface area contributed by atoms with Crippen LogP contribution in [0.4, 0.5) is 5.69 Å². The quantitative estimate of drug-likeness (QED) is 0.520. The number of allylic oxidation sites excluding steroid dienone is 1. The van der Waals surface area contributed by atoms with Crippen LogP contribution in [0.1, 0.15) is 5.56 Å². The molecule has 7 nitrogen and oxygen atoms in total. The third-order valence-corrected chi connectivity index (χ3v) is 3.72. The van der Waals surface area contributed by atoms with Crippen LogP contribution >= 0.6 is 11.6 Å². The minimum Gasteiger partial charge on any atom is -0.278 e. The summed E-state index contributed by atoms with van der Waals surface area (Å²) in [5, 5.41) is 16.6. The number of nitro benzene ring substituents is 1. The highest BCUT2D eigenvalue weighted by Crippen LogP contribution is 2.24. The lowest BCUT2D eigenvalue weighted by Crippen LogP contribution is -2.02. The predicted octanol–water partition coefficient (Wildman–Crippen LogP) is 1.96. The van der Waals surface area contributed by atoms with E-state index < -0.39 is 14.8 Å². The summed E-state index contributed by atoms with van der Waals surface area (Å²) in [6.45, 7) is 0. The van der Waals surface area contributed by atoms with Crippen molar-refractivity contribution >= 4 is 33.3 Å². The van der Waals surface area contributed by atoms with Crippen LogP contribution in [-0.4, -0.2) is 19.6 Å². The highest BCUT2D eigenvalue weighted by Gasteiger charge is 2.12. The second-order valence-electron chi connectivity index (χ2n) is 3.80. The van der Waals surface area contributed by atoms with Crippen LogP contribution in [0.5, 0.6) is 0 Å². The molecule has 104 valence electrons. The van der Waals surface area contributed by atoms with Gasteiger partial charge in [-0.25, -0.2) is 8.42 Å². The highest BCUT2D eigenvalue weighted by molar-refractivity contribution is 7.97. The van der Waals surface area contributed by atoms with Gasteiger partial charge in [0.1, 0.15) is 5.02 Å². The number of halogens is 1. The zero-order valence-corrected chi connectivity index (χ0v) is 11.4. The van der Waals surface area contributed by atoms with Crippen molar-refractivity contribution in [2.75, 3.05) is 0 Å². The summed E-state index contributed by atoms with van der Waals surface area (Å²) < 4.78 is 22.2. The Morgan fingerprint density at radius 3 is 2.75 bits per heavy atom. The normalized spacial score (nSPS) is 16.4. The zero-order valence-electron chi connectivity index (χ0n) is 9.86. The molecule has 2 rings (SSSR count). The molecule has 9 heteroatoms. The van der Waals surface area contributed by atoms with Crippen molar-refractivity contribution in [1.29, 1.82) is 0 Å². The van der Waals surface area contributed by atoms with Crippen LogP contribution in [0.15, 0.2) is 45.9 Å². The van der Waals surface area contributed by atoms with E-state index in [1.54, 1.807) is 6.07 Å². The van der Waals surface area contributed by atoms with Crippen LogP contribution in [0.3, 0.4) is 0 Å². The number of hydrogen-bond acceptors (Lipinski definition) is 6. The van der Waals surface area contributed by atoms with Gasteiger partial charge in [-0.2, -0.15) is 5.10 Å². The first-order valence-corrected chi connectivity index (χ1v) is 7.24. The minimum atomic E-state index is -3.30. The van der Waals surface area contributed by atoms with E-state index in [9.17, 15) is 18.5 Å². The molecule has 1 heterocycles. The molecule has 0 amide bonds. The number of nitro groups is 1. The first-order valence-electron chi connectivity index (χ1n) is 5.25. The predicted molar refractivity (Wildman–Crippen MR) is 75.0 cm³/mol. The number of hydrazone groups is 1. The molecule has 0 saturated carbocycles. The van der Waals surface area contributed by atoms with Gasteiger partial charge in [0.2, 0.25) is 0 Å². The third-order valence-electron chi connectivity index (χ3n) is 2.30. The Morgan fingerprint density at radius 1 is 1.40 bits per heavy atom. The first kappa shape index (κ1) is 14.2. The fourth-order valence-corrected chi connectivity index (χ4v) is 2.51. The van der Waals surface area contributed by atoms with Gasteiger partial charge in [-0.15, -0.1) is 0 Å². The Labute approximate surface area is 119 Å². The first-order chi connectivity index (χ1) is 9.37. The van der Waals surface area contributed by atoms with Gasteiger partial charge < -0.3 is 0 Å². The molecular weight excluding hydrogens is 306 g/mol.